The molecule has 0 heterocycles. The second kappa shape index (κ2) is 11.6. The summed E-state index contributed by atoms with van der Waals surface area (Å²) in [7, 11) is 0. The zero-order valence-electron chi connectivity index (χ0n) is 17.1. The van der Waals surface area contributed by atoms with E-state index in [4.69, 9.17) is 4.74 Å². The first-order valence-corrected chi connectivity index (χ1v) is 10.5. The lowest BCUT2D eigenvalue weighted by atomic mass is 10.2. The first kappa shape index (κ1) is 22.9. The number of nitrogens with zero attached hydrogens (tertiary/aromatic N) is 1. The van der Waals surface area contributed by atoms with E-state index in [2.05, 4.69) is 45.3 Å². The quantitative estimate of drug-likeness (QED) is 0.563. The van der Waals surface area contributed by atoms with Gasteiger partial charge in [-0.25, -0.2) is 0 Å². The third kappa shape index (κ3) is 7.51. The van der Waals surface area contributed by atoms with E-state index in [9.17, 15) is 9.59 Å². The minimum atomic E-state index is -0.270. The molecular weight excluding hydrogens is 434 g/mol. The summed E-state index contributed by atoms with van der Waals surface area (Å²) < 4.78 is 6.35. The van der Waals surface area contributed by atoms with Gasteiger partial charge < -0.3 is 20.3 Å². The topological polar surface area (TPSA) is 70.7 Å². The fraction of sp³-hybridized carbons (Fsp3) is 0.364. The van der Waals surface area contributed by atoms with Gasteiger partial charge in [-0.05, 0) is 77.9 Å². The molecule has 0 spiro atoms. The van der Waals surface area contributed by atoms with Crippen molar-refractivity contribution >= 4 is 33.4 Å². The number of halogens is 1. The lowest BCUT2D eigenvalue weighted by molar-refractivity contribution is -0.118. The van der Waals surface area contributed by atoms with Gasteiger partial charge in [-0.2, -0.15) is 0 Å². The second-order valence-corrected chi connectivity index (χ2v) is 7.49. The zero-order valence-corrected chi connectivity index (χ0v) is 18.7. The highest BCUT2D eigenvalue weighted by Crippen LogP contribution is 2.25. The van der Waals surface area contributed by atoms with Crippen LogP contribution in [0.5, 0.6) is 5.75 Å². The van der Waals surface area contributed by atoms with Crippen LogP contribution in [0.4, 0.5) is 5.69 Å². The molecule has 0 fully saturated rings. The van der Waals surface area contributed by atoms with E-state index in [1.807, 2.05) is 25.1 Å². The summed E-state index contributed by atoms with van der Waals surface area (Å²) in [4.78, 5) is 26.6. The summed E-state index contributed by atoms with van der Waals surface area (Å²) in [5.41, 5.74) is 2.27. The SMILES string of the molecule is CCN(CC)CCNC(=O)c1ccc(NC(=O)COc2ccc(C)cc2Br)cc1. The molecule has 156 valence electrons. The van der Waals surface area contributed by atoms with Crippen LogP contribution in [0.25, 0.3) is 0 Å². The maximum atomic E-state index is 12.2. The Hall–Kier alpha value is -2.38. The Labute approximate surface area is 180 Å². The van der Waals surface area contributed by atoms with Crippen LogP contribution in [0.1, 0.15) is 29.8 Å². The second-order valence-electron chi connectivity index (χ2n) is 6.63. The van der Waals surface area contributed by atoms with Crippen molar-refractivity contribution in [2.45, 2.75) is 20.8 Å². The van der Waals surface area contributed by atoms with Gasteiger partial charge in [0, 0.05) is 24.3 Å². The molecular formula is C22H28BrN3O3. The summed E-state index contributed by atoms with van der Waals surface area (Å²) >= 11 is 3.42. The summed E-state index contributed by atoms with van der Waals surface area (Å²) in [6, 6.07) is 12.5. The predicted octanol–water partition coefficient (Wildman–Crippen LogP) is 3.85. The Bertz CT molecular complexity index is 821. The molecule has 0 unspecified atom stereocenters. The van der Waals surface area contributed by atoms with Gasteiger partial charge >= 0.3 is 0 Å². The Morgan fingerprint density at radius 1 is 1.07 bits per heavy atom. The van der Waals surface area contributed by atoms with Crippen molar-refractivity contribution in [1.82, 2.24) is 10.2 Å². The molecule has 2 amide bonds. The van der Waals surface area contributed by atoms with E-state index in [0.29, 0.717) is 23.5 Å². The molecule has 2 rings (SSSR count). The van der Waals surface area contributed by atoms with Crippen LogP contribution in [-0.2, 0) is 4.79 Å². The van der Waals surface area contributed by atoms with Gasteiger partial charge in [-0.1, -0.05) is 19.9 Å². The highest BCUT2D eigenvalue weighted by Gasteiger charge is 2.09. The fourth-order valence-electron chi connectivity index (χ4n) is 2.74. The number of aryl methyl sites for hydroxylation is 1. The molecule has 2 N–H and O–H groups in total. The molecule has 0 aliphatic rings. The highest BCUT2D eigenvalue weighted by molar-refractivity contribution is 9.10. The molecule has 0 aliphatic heterocycles. The van der Waals surface area contributed by atoms with E-state index < -0.39 is 0 Å². The van der Waals surface area contributed by atoms with Crippen LogP contribution in [0.3, 0.4) is 0 Å². The Balaban J connectivity index is 1.80. The number of hydrogen-bond donors (Lipinski definition) is 2. The molecule has 2 aromatic carbocycles. The van der Waals surface area contributed by atoms with Crippen molar-refractivity contribution < 1.29 is 14.3 Å². The lowest BCUT2D eigenvalue weighted by Gasteiger charge is -2.18. The minimum Gasteiger partial charge on any atom is -0.483 e. The number of hydrogen-bond acceptors (Lipinski definition) is 4. The molecule has 2 aromatic rings. The molecule has 0 bridgehead atoms. The number of nitrogens with one attached hydrogen (secondary N) is 2. The number of anilines is 1. The van der Waals surface area contributed by atoms with Crippen LogP contribution in [0, 0.1) is 6.92 Å². The van der Waals surface area contributed by atoms with E-state index >= 15 is 0 Å². The number of likely N-dealkylation sites (N-methyl/N-ethyl adjacent to an activating group) is 1. The number of ether oxygens (including phenoxy) is 1. The van der Waals surface area contributed by atoms with E-state index in [1.165, 1.54) is 0 Å². The molecule has 0 saturated carbocycles. The van der Waals surface area contributed by atoms with Crippen LogP contribution in [0.2, 0.25) is 0 Å². The van der Waals surface area contributed by atoms with E-state index in [0.717, 1.165) is 29.7 Å². The molecule has 7 heteroatoms. The van der Waals surface area contributed by atoms with Crippen molar-refractivity contribution in [3.8, 4) is 5.75 Å². The third-order valence-electron chi connectivity index (χ3n) is 4.49. The van der Waals surface area contributed by atoms with Crippen molar-refractivity contribution in [3.05, 3.63) is 58.1 Å². The summed E-state index contributed by atoms with van der Waals surface area (Å²) in [6.07, 6.45) is 0. The number of benzene rings is 2. The number of carbonyl (C=O) groups is 2. The van der Waals surface area contributed by atoms with Crippen LogP contribution in [-0.4, -0.2) is 49.5 Å². The maximum absolute atomic E-state index is 12.2. The van der Waals surface area contributed by atoms with Gasteiger partial charge in [-0.3, -0.25) is 9.59 Å². The van der Waals surface area contributed by atoms with Crippen LogP contribution < -0.4 is 15.4 Å². The Kier molecular flexibility index (Phi) is 9.15. The molecule has 0 saturated heterocycles. The highest BCUT2D eigenvalue weighted by atomic mass is 79.9. The van der Waals surface area contributed by atoms with Gasteiger partial charge in [-0.15, -0.1) is 0 Å². The first-order valence-electron chi connectivity index (χ1n) is 9.72. The molecule has 0 aromatic heterocycles. The summed E-state index contributed by atoms with van der Waals surface area (Å²) in [5.74, 6) is 0.221. The normalized spacial score (nSPS) is 10.7. The molecule has 0 radical (unpaired) electrons. The van der Waals surface area contributed by atoms with Crippen molar-refractivity contribution in [2.75, 3.05) is 38.1 Å². The molecule has 0 aliphatic carbocycles. The van der Waals surface area contributed by atoms with Gasteiger partial charge in [0.2, 0.25) is 0 Å². The maximum Gasteiger partial charge on any atom is 0.262 e. The number of carbonyl (C=O) groups excluding carboxylic acids is 2. The Morgan fingerprint density at radius 2 is 1.76 bits per heavy atom. The smallest absolute Gasteiger partial charge is 0.262 e. The third-order valence-corrected chi connectivity index (χ3v) is 5.10. The van der Waals surface area contributed by atoms with Gasteiger partial charge in [0.05, 0.1) is 4.47 Å². The Morgan fingerprint density at radius 3 is 2.38 bits per heavy atom. The van der Waals surface area contributed by atoms with E-state index in [-0.39, 0.29) is 18.4 Å². The van der Waals surface area contributed by atoms with Gasteiger partial charge in [0.15, 0.2) is 6.61 Å². The van der Waals surface area contributed by atoms with Crippen LogP contribution in [0.15, 0.2) is 46.9 Å². The van der Waals surface area contributed by atoms with Crippen molar-refractivity contribution in [3.63, 3.8) is 0 Å². The first-order chi connectivity index (χ1) is 13.9. The monoisotopic (exact) mass is 461 g/mol. The minimum absolute atomic E-state index is 0.102. The largest absolute Gasteiger partial charge is 0.483 e. The predicted molar refractivity (Wildman–Crippen MR) is 120 cm³/mol. The van der Waals surface area contributed by atoms with Gasteiger partial charge in [0.25, 0.3) is 11.8 Å². The lowest BCUT2D eigenvalue weighted by Crippen LogP contribution is -2.34. The molecule has 6 nitrogen and oxygen atoms in total. The van der Waals surface area contributed by atoms with E-state index in [1.54, 1.807) is 24.3 Å². The fourth-order valence-corrected chi connectivity index (χ4v) is 3.35. The van der Waals surface area contributed by atoms with Gasteiger partial charge in [0.1, 0.15) is 5.75 Å². The average Bonchev–Trinajstić information content (AvgIpc) is 2.71. The number of rotatable bonds is 10. The number of amides is 2. The summed E-state index contributed by atoms with van der Waals surface area (Å²) in [6.45, 7) is 9.43. The van der Waals surface area contributed by atoms with Crippen molar-refractivity contribution in [1.29, 1.82) is 0 Å². The average molecular weight is 462 g/mol. The molecule has 0 atom stereocenters. The standard InChI is InChI=1S/C22H28BrN3O3/c1-4-26(5-2)13-12-24-22(28)17-7-9-18(10-8-17)25-21(27)15-29-20-11-6-16(3)14-19(20)23/h6-11,14H,4-5,12-13,15H2,1-3H3,(H,24,28)(H,25,27). The zero-order chi connectivity index (χ0) is 21.2. The van der Waals surface area contributed by atoms with Crippen molar-refractivity contribution in [2.24, 2.45) is 0 Å². The molecule has 29 heavy (non-hydrogen) atoms. The van der Waals surface area contributed by atoms with Crippen LogP contribution >= 0.6 is 15.9 Å². The summed E-state index contributed by atoms with van der Waals surface area (Å²) in [5, 5.41) is 5.68.